The fourth-order valence-electron chi connectivity index (χ4n) is 1.36. The lowest BCUT2D eigenvalue weighted by Gasteiger charge is -2.06. The molecule has 0 saturated heterocycles. The van der Waals surface area contributed by atoms with Crippen LogP contribution < -0.4 is 10.6 Å². The van der Waals surface area contributed by atoms with Gasteiger partial charge in [-0.25, -0.2) is 0 Å². The van der Waals surface area contributed by atoms with Crippen LogP contribution in [0.3, 0.4) is 0 Å². The van der Waals surface area contributed by atoms with Crippen molar-refractivity contribution in [3.8, 4) is 0 Å². The quantitative estimate of drug-likeness (QED) is 0.811. The molecule has 1 aromatic carbocycles. The van der Waals surface area contributed by atoms with Gasteiger partial charge in [-0.15, -0.1) is 12.4 Å². The van der Waals surface area contributed by atoms with E-state index in [1.54, 1.807) is 18.2 Å². The second-order valence-electron chi connectivity index (χ2n) is 3.68. The first-order chi connectivity index (χ1) is 7.65. The van der Waals surface area contributed by atoms with E-state index in [2.05, 4.69) is 10.6 Å². The molecule has 0 fully saturated rings. The molecule has 0 bridgehead atoms. The van der Waals surface area contributed by atoms with Crippen LogP contribution in [0.5, 0.6) is 0 Å². The van der Waals surface area contributed by atoms with E-state index in [0.717, 1.165) is 18.5 Å². The number of rotatable bonds is 5. The number of hydrogen-bond acceptors (Lipinski definition) is 2. The van der Waals surface area contributed by atoms with E-state index in [9.17, 15) is 4.79 Å². The Morgan fingerprint density at radius 2 is 2.06 bits per heavy atom. The van der Waals surface area contributed by atoms with Crippen LogP contribution in [0.15, 0.2) is 18.2 Å². The van der Waals surface area contributed by atoms with Gasteiger partial charge in [-0.2, -0.15) is 0 Å². The third-order valence-electron chi connectivity index (χ3n) is 2.31. The first kappa shape index (κ1) is 16.2. The molecule has 0 atom stereocenters. The highest BCUT2D eigenvalue weighted by Crippen LogP contribution is 2.16. The lowest BCUT2D eigenvalue weighted by atomic mass is 10.1. The Morgan fingerprint density at radius 1 is 1.35 bits per heavy atom. The summed E-state index contributed by atoms with van der Waals surface area (Å²) in [6.45, 7) is 3.47. The zero-order chi connectivity index (χ0) is 12.0. The zero-order valence-corrected chi connectivity index (χ0v) is 11.6. The van der Waals surface area contributed by atoms with Crippen LogP contribution >= 0.6 is 24.0 Å². The minimum absolute atomic E-state index is 0. The van der Waals surface area contributed by atoms with Gasteiger partial charge < -0.3 is 10.6 Å². The molecule has 0 heterocycles. The van der Waals surface area contributed by atoms with Gasteiger partial charge in [0.1, 0.15) is 0 Å². The maximum atomic E-state index is 11.7. The molecular formula is C12H18Cl2N2O. The number of halogens is 2. The van der Waals surface area contributed by atoms with Gasteiger partial charge in [-0.3, -0.25) is 4.79 Å². The van der Waals surface area contributed by atoms with E-state index >= 15 is 0 Å². The summed E-state index contributed by atoms with van der Waals surface area (Å²) in [6.07, 6.45) is 0.925. The average Bonchev–Trinajstić information content (AvgIpc) is 2.28. The van der Waals surface area contributed by atoms with Gasteiger partial charge in [0, 0.05) is 17.1 Å². The highest BCUT2D eigenvalue weighted by molar-refractivity contribution is 6.31. The number of aryl methyl sites for hydroxylation is 1. The van der Waals surface area contributed by atoms with Crippen LogP contribution in [0.4, 0.5) is 0 Å². The number of carbonyl (C=O) groups is 1. The van der Waals surface area contributed by atoms with E-state index < -0.39 is 0 Å². The Kier molecular flexibility index (Phi) is 7.96. The van der Waals surface area contributed by atoms with Crippen molar-refractivity contribution >= 4 is 29.9 Å². The molecule has 96 valence electrons. The maximum Gasteiger partial charge on any atom is 0.251 e. The van der Waals surface area contributed by atoms with Crippen molar-refractivity contribution in [1.82, 2.24) is 10.6 Å². The van der Waals surface area contributed by atoms with Gasteiger partial charge in [-0.05, 0) is 50.7 Å². The van der Waals surface area contributed by atoms with E-state index in [0.29, 0.717) is 17.1 Å². The van der Waals surface area contributed by atoms with Crippen LogP contribution in [0.2, 0.25) is 5.02 Å². The third kappa shape index (κ3) is 5.39. The second-order valence-corrected chi connectivity index (χ2v) is 4.08. The molecule has 1 amide bonds. The van der Waals surface area contributed by atoms with Gasteiger partial charge in [-0.1, -0.05) is 11.6 Å². The fourth-order valence-corrected chi connectivity index (χ4v) is 1.47. The summed E-state index contributed by atoms with van der Waals surface area (Å²) < 4.78 is 0. The first-order valence-corrected chi connectivity index (χ1v) is 5.72. The van der Waals surface area contributed by atoms with E-state index in [-0.39, 0.29) is 18.3 Å². The predicted molar refractivity (Wildman–Crippen MR) is 74.3 cm³/mol. The molecule has 0 unspecified atom stereocenters. The van der Waals surface area contributed by atoms with Crippen molar-refractivity contribution in [2.45, 2.75) is 13.3 Å². The minimum Gasteiger partial charge on any atom is -0.352 e. The predicted octanol–water partition coefficient (Wildman–Crippen LogP) is 2.41. The van der Waals surface area contributed by atoms with Crippen molar-refractivity contribution in [1.29, 1.82) is 0 Å². The number of nitrogens with one attached hydrogen (secondary N) is 2. The van der Waals surface area contributed by atoms with Gasteiger partial charge >= 0.3 is 0 Å². The van der Waals surface area contributed by atoms with Gasteiger partial charge in [0.2, 0.25) is 0 Å². The van der Waals surface area contributed by atoms with Gasteiger partial charge in [0.25, 0.3) is 5.91 Å². The Bertz CT molecular complexity index is 370. The Balaban J connectivity index is 0.00000256. The highest BCUT2D eigenvalue weighted by Gasteiger charge is 2.05. The molecule has 0 spiro atoms. The highest BCUT2D eigenvalue weighted by atomic mass is 35.5. The Morgan fingerprint density at radius 3 is 2.65 bits per heavy atom. The van der Waals surface area contributed by atoms with Crippen molar-refractivity contribution in [2.75, 3.05) is 20.1 Å². The molecule has 3 nitrogen and oxygen atoms in total. The molecule has 2 N–H and O–H groups in total. The molecule has 0 aliphatic heterocycles. The summed E-state index contributed by atoms with van der Waals surface area (Å²) in [4.78, 5) is 11.7. The molecule has 0 aliphatic carbocycles. The number of carbonyl (C=O) groups excluding carboxylic acids is 1. The number of amides is 1. The van der Waals surface area contributed by atoms with Crippen molar-refractivity contribution in [2.24, 2.45) is 0 Å². The molecule has 1 aromatic rings. The number of benzene rings is 1. The molecule has 1 rings (SSSR count). The Labute approximate surface area is 113 Å². The van der Waals surface area contributed by atoms with Gasteiger partial charge in [0.05, 0.1) is 0 Å². The van der Waals surface area contributed by atoms with E-state index in [1.165, 1.54) is 0 Å². The molecular weight excluding hydrogens is 259 g/mol. The molecule has 0 aliphatic rings. The topological polar surface area (TPSA) is 41.1 Å². The van der Waals surface area contributed by atoms with Crippen LogP contribution in [0.25, 0.3) is 0 Å². The molecule has 0 saturated carbocycles. The summed E-state index contributed by atoms with van der Waals surface area (Å²) in [5.74, 6) is -0.0455. The van der Waals surface area contributed by atoms with Crippen LogP contribution in [0, 0.1) is 6.92 Å². The van der Waals surface area contributed by atoms with Crippen molar-refractivity contribution in [3.63, 3.8) is 0 Å². The second kappa shape index (κ2) is 8.34. The van der Waals surface area contributed by atoms with E-state index in [4.69, 9.17) is 11.6 Å². The summed E-state index contributed by atoms with van der Waals surface area (Å²) in [7, 11) is 1.89. The molecule has 17 heavy (non-hydrogen) atoms. The van der Waals surface area contributed by atoms with Crippen LogP contribution in [0.1, 0.15) is 22.3 Å². The van der Waals surface area contributed by atoms with Gasteiger partial charge in [0.15, 0.2) is 0 Å². The Hall–Kier alpha value is -0.770. The first-order valence-electron chi connectivity index (χ1n) is 5.34. The standard InChI is InChI=1S/C12H17ClN2O.ClH/c1-9-8-10(4-5-11(9)13)12(16)15-7-3-6-14-2;/h4-5,8,14H,3,6-7H2,1-2H3,(H,15,16);1H. The SMILES string of the molecule is CNCCCNC(=O)c1ccc(Cl)c(C)c1.Cl. The summed E-state index contributed by atoms with van der Waals surface area (Å²) in [5, 5.41) is 6.57. The smallest absolute Gasteiger partial charge is 0.251 e. The molecule has 0 aromatic heterocycles. The van der Waals surface area contributed by atoms with Crippen LogP contribution in [-0.2, 0) is 0 Å². The largest absolute Gasteiger partial charge is 0.352 e. The summed E-state index contributed by atoms with van der Waals surface area (Å²) in [6, 6.07) is 5.29. The maximum absolute atomic E-state index is 11.7. The molecule has 5 heteroatoms. The normalized spacial score (nSPS) is 9.59. The molecule has 0 radical (unpaired) electrons. The third-order valence-corrected chi connectivity index (χ3v) is 2.73. The minimum atomic E-state index is -0.0455. The summed E-state index contributed by atoms with van der Waals surface area (Å²) >= 11 is 5.89. The van der Waals surface area contributed by atoms with Crippen molar-refractivity contribution in [3.05, 3.63) is 34.3 Å². The lowest BCUT2D eigenvalue weighted by molar-refractivity contribution is 0.0953. The zero-order valence-electron chi connectivity index (χ0n) is 10.0. The monoisotopic (exact) mass is 276 g/mol. The van der Waals surface area contributed by atoms with Crippen LogP contribution in [-0.4, -0.2) is 26.0 Å². The summed E-state index contributed by atoms with van der Waals surface area (Å²) in [5.41, 5.74) is 1.58. The fraction of sp³-hybridized carbons (Fsp3) is 0.417. The number of hydrogen-bond donors (Lipinski definition) is 2. The van der Waals surface area contributed by atoms with E-state index in [1.807, 2.05) is 14.0 Å². The van der Waals surface area contributed by atoms with Crippen molar-refractivity contribution < 1.29 is 4.79 Å². The average molecular weight is 277 g/mol. The lowest BCUT2D eigenvalue weighted by Crippen LogP contribution is -2.26.